The first kappa shape index (κ1) is 15.4. The molecule has 0 bridgehead atoms. The molecule has 5 nitrogen and oxygen atoms in total. The molecule has 1 aromatic rings. The lowest BCUT2D eigenvalue weighted by Crippen LogP contribution is -2.31. The topological polar surface area (TPSA) is 58.4 Å². The van der Waals surface area contributed by atoms with Gasteiger partial charge in [-0.1, -0.05) is 0 Å². The Morgan fingerprint density at radius 3 is 2.37 bits per heavy atom. The van der Waals surface area contributed by atoms with Crippen LogP contribution >= 0.6 is 0 Å². The van der Waals surface area contributed by atoms with Crippen molar-refractivity contribution < 1.29 is 9.47 Å². The normalized spacial score (nSPS) is 10.2. The lowest BCUT2D eigenvalue weighted by Gasteiger charge is -2.23. The molecule has 0 fully saturated rings. The first-order valence-corrected chi connectivity index (χ1v) is 6.58. The first-order valence-electron chi connectivity index (χ1n) is 6.58. The summed E-state index contributed by atoms with van der Waals surface area (Å²) in [4.78, 5) is 6.38. The number of rotatable bonds is 9. The van der Waals surface area contributed by atoms with Crippen molar-refractivity contribution in [3.05, 3.63) is 23.9 Å². The van der Waals surface area contributed by atoms with Crippen molar-refractivity contribution in [2.75, 3.05) is 44.4 Å². The van der Waals surface area contributed by atoms with Gasteiger partial charge in [-0.3, -0.25) is 0 Å². The molecule has 104 valence electrons. The summed E-state index contributed by atoms with van der Waals surface area (Å²) in [5, 5.41) is 8.93. The average Bonchev–Trinajstić information content (AvgIpc) is 2.46. The molecule has 0 saturated carbocycles. The molecule has 0 saturated heterocycles. The van der Waals surface area contributed by atoms with E-state index in [-0.39, 0.29) is 0 Å². The highest BCUT2D eigenvalue weighted by molar-refractivity contribution is 5.44. The summed E-state index contributed by atoms with van der Waals surface area (Å²) in [6.07, 6.45) is 1.66. The van der Waals surface area contributed by atoms with Crippen LogP contribution in [0.5, 0.6) is 0 Å². The maximum atomic E-state index is 8.93. The van der Waals surface area contributed by atoms with Crippen LogP contribution in [0.2, 0.25) is 0 Å². The lowest BCUT2D eigenvalue weighted by molar-refractivity contribution is 0.141. The number of hydrogen-bond acceptors (Lipinski definition) is 5. The van der Waals surface area contributed by atoms with Crippen LogP contribution in [0.3, 0.4) is 0 Å². The van der Waals surface area contributed by atoms with E-state index < -0.39 is 0 Å². The molecular weight excluding hydrogens is 242 g/mol. The van der Waals surface area contributed by atoms with E-state index in [2.05, 4.69) is 16.0 Å². The molecule has 1 rings (SSSR count). The Kier molecular flexibility index (Phi) is 7.56. The van der Waals surface area contributed by atoms with Gasteiger partial charge >= 0.3 is 0 Å². The minimum absolute atomic E-state index is 0.614. The number of hydrogen-bond donors (Lipinski definition) is 0. The highest BCUT2D eigenvalue weighted by Crippen LogP contribution is 2.11. The fourth-order valence-corrected chi connectivity index (χ4v) is 1.64. The van der Waals surface area contributed by atoms with Gasteiger partial charge in [0.05, 0.1) is 24.8 Å². The van der Waals surface area contributed by atoms with Crippen molar-refractivity contribution in [1.29, 1.82) is 5.26 Å². The average molecular weight is 263 g/mol. The number of pyridine rings is 1. The maximum absolute atomic E-state index is 8.93. The zero-order chi connectivity index (χ0) is 13.9. The summed E-state index contributed by atoms with van der Waals surface area (Å²) in [6, 6.07) is 5.62. The van der Waals surface area contributed by atoms with Crippen molar-refractivity contribution in [1.82, 2.24) is 4.98 Å². The van der Waals surface area contributed by atoms with Crippen molar-refractivity contribution in [2.24, 2.45) is 0 Å². The molecule has 19 heavy (non-hydrogen) atoms. The lowest BCUT2D eigenvalue weighted by atomic mass is 10.3. The van der Waals surface area contributed by atoms with Crippen molar-refractivity contribution in [3.63, 3.8) is 0 Å². The summed E-state index contributed by atoms with van der Waals surface area (Å²) in [7, 11) is 0. The third kappa shape index (κ3) is 5.69. The summed E-state index contributed by atoms with van der Waals surface area (Å²) >= 11 is 0. The first-order chi connectivity index (χ1) is 9.31. The van der Waals surface area contributed by atoms with Crippen LogP contribution < -0.4 is 4.90 Å². The second kappa shape index (κ2) is 9.31. The van der Waals surface area contributed by atoms with Crippen molar-refractivity contribution in [2.45, 2.75) is 13.8 Å². The van der Waals surface area contributed by atoms with Crippen molar-refractivity contribution in [3.8, 4) is 6.07 Å². The van der Waals surface area contributed by atoms with Gasteiger partial charge in [-0.25, -0.2) is 4.98 Å². The molecule has 0 unspecified atom stereocenters. The van der Waals surface area contributed by atoms with E-state index in [0.717, 1.165) is 18.9 Å². The zero-order valence-electron chi connectivity index (χ0n) is 11.6. The molecule has 0 amide bonds. The fraction of sp³-hybridized carbons (Fsp3) is 0.571. The summed E-state index contributed by atoms with van der Waals surface area (Å²) in [5.41, 5.74) is 0.614. The molecule has 0 aromatic carbocycles. The largest absolute Gasteiger partial charge is 0.380 e. The second-order valence-corrected chi connectivity index (χ2v) is 3.90. The molecular formula is C14H21N3O2. The third-order valence-electron chi connectivity index (χ3n) is 2.62. The van der Waals surface area contributed by atoms with Gasteiger partial charge in [0.2, 0.25) is 0 Å². The number of nitriles is 1. The Bertz CT molecular complexity index is 394. The predicted molar refractivity (Wildman–Crippen MR) is 74.2 cm³/mol. The molecule has 5 heteroatoms. The Labute approximate surface area is 114 Å². The van der Waals surface area contributed by atoms with Crippen LogP contribution in [0, 0.1) is 11.3 Å². The van der Waals surface area contributed by atoms with E-state index >= 15 is 0 Å². The van der Waals surface area contributed by atoms with Gasteiger partial charge in [0.15, 0.2) is 0 Å². The van der Waals surface area contributed by atoms with E-state index in [4.69, 9.17) is 14.7 Å². The van der Waals surface area contributed by atoms with Crippen LogP contribution in [0.4, 0.5) is 5.82 Å². The minimum atomic E-state index is 0.614. The molecule has 0 spiro atoms. The van der Waals surface area contributed by atoms with E-state index in [0.29, 0.717) is 32.0 Å². The monoisotopic (exact) mass is 263 g/mol. The zero-order valence-corrected chi connectivity index (χ0v) is 11.6. The SMILES string of the molecule is CCOCCN(CCOCC)c1cc(C#N)ccn1. The summed E-state index contributed by atoms with van der Waals surface area (Å²) < 4.78 is 10.7. The number of anilines is 1. The highest BCUT2D eigenvalue weighted by Gasteiger charge is 2.08. The van der Waals surface area contributed by atoms with Gasteiger partial charge in [-0.15, -0.1) is 0 Å². The minimum Gasteiger partial charge on any atom is -0.380 e. The second-order valence-electron chi connectivity index (χ2n) is 3.90. The number of ether oxygens (including phenoxy) is 2. The molecule has 0 aliphatic rings. The van der Waals surface area contributed by atoms with Gasteiger partial charge in [0, 0.05) is 32.5 Å². The van der Waals surface area contributed by atoms with Crippen LogP contribution in [0.25, 0.3) is 0 Å². The van der Waals surface area contributed by atoms with Crippen LogP contribution in [0.1, 0.15) is 19.4 Å². The van der Waals surface area contributed by atoms with E-state index in [9.17, 15) is 0 Å². The van der Waals surface area contributed by atoms with Crippen LogP contribution in [-0.2, 0) is 9.47 Å². The molecule has 0 radical (unpaired) electrons. The Morgan fingerprint density at radius 1 is 1.21 bits per heavy atom. The Morgan fingerprint density at radius 2 is 1.84 bits per heavy atom. The van der Waals surface area contributed by atoms with Gasteiger partial charge in [0.1, 0.15) is 5.82 Å². The molecule has 1 heterocycles. The highest BCUT2D eigenvalue weighted by atomic mass is 16.5. The molecule has 0 aliphatic carbocycles. The van der Waals surface area contributed by atoms with Gasteiger partial charge in [0.25, 0.3) is 0 Å². The van der Waals surface area contributed by atoms with Gasteiger partial charge in [-0.05, 0) is 26.0 Å². The third-order valence-corrected chi connectivity index (χ3v) is 2.62. The maximum Gasteiger partial charge on any atom is 0.129 e. The van der Waals surface area contributed by atoms with E-state index in [1.54, 1.807) is 18.3 Å². The van der Waals surface area contributed by atoms with E-state index in [1.165, 1.54) is 0 Å². The predicted octanol–water partition coefficient (Wildman–Crippen LogP) is 1.83. The van der Waals surface area contributed by atoms with Gasteiger partial charge < -0.3 is 14.4 Å². The molecule has 0 aliphatic heterocycles. The van der Waals surface area contributed by atoms with Crippen LogP contribution in [-0.4, -0.2) is 44.5 Å². The molecule has 0 atom stereocenters. The van der Waals surface area contributed by atoms with Crippen LogP contribution in [0.15, 0.2) is 18.3 Å². The quantitative estimate of drug-likeness (QED) is 0.636. The smallest absolute Gasteiger partial charge is 0.129 e. The van der Waals surface area contributed by atoms with Crippen molar-refractivity contribution >= 4 is 5.82 Å². The Balaban J connectivity index is 2.66. The number of aromatic nitrogens is 1. The number of nitrogens with zero attached hydrogens (tertiary/aromatic N) is 3. The standard InChI is InChI=1S/C14H21N3O2/c1-3-18-9-7-17(8-10-19-4-2)14-11-13(12-15)5-6-16-14/h5-6,11H,3-4,7-10H2,1-2H3. The summed E-state index contributed by atoms with van der Waals surface area (Å²) in [5.74, 6) is 0.790. The summed E-state index contributed by atoms with van der Waals surface area (Å²) in [6.45, 7) is 8.10. The fourth-order valence-electron chi connectivity index (χ4n) is 1.64. The Hall–Kier alpha value is -1.64. The van der Waals surface area contributed by atoms with E-state index in [1.807, 2.05) is 13.8 Å². The van der Waals surface area contributed by atoms with Gasteiger partial charge in [-0.2, -0.15) is 5.26 Å². The molecule has 1 aromatic heterocycles. The molecule has 0 N–H and O–H groups in total.